The number of carboxylic acids is 1. The number of nitrogens with one attached hydrogen (secondary N) is 2. The van der Waals surface area contributed by atoms with Crippen molar-refractivity contribution in [2.75, 3.05) is 0 Å². The molecule has 1 aliphatic carbocycles. The molecule has 1 fully saturated rings. The van der Waals surface area contributed by atoms with E-state index < -0.39 is 5.97 Å². The summed E-state index contributed by atoms with van der Waals surface area (Å²) < 4.78 is 0.260. The summed E-state index contributed by atoms with van der Waals surface area (Å²) in [4.78, 5) is 27.4. The second-order valence-electron chi connectivity index (χ2n) is 3.65. The maximum absolute atomic E-state index is 11.5. The first kappa shape index (κ1) is 10.1. The van der Waals surface area contributed by atoms with Gasteiger partial charge in [-0.15, -0.1) is 0 Å². The van der Waals surface area contributed by atoms with Gasteiger partial charge in [-0.3, -0.25) is 14.6 Å². The number of carboxylic acid groups (broad SMARTS) is 1. The number of H-pyrrole nitrogens is 2. The molecule has 1 aliphatic rings. The quantitative estimate of drug-likeness (QED) is 0.669. The molecule has 0 aromatic carbocycles. The second-order valence-corrected chi connectivity index (χ2v) is 4.05. The molecule has 0 radical (unpaired) electrons. The minimum absolute atomic E-state index is 0.257. The van der Waals surface area contributed by atoms with Crippen LogP contribution in [0.1, 0.15) is 30.0 Å². The largest absolute Gasteiger partial charge is 0.481 e. The molecule has 6 heteroatoms. The van der Waals surface area contributed by atoms with Crippen molar-refractivity contribution in [2.45, 2.75) is 25.2 Å². The monoisotopic (exact) mass is 226 g/mol. The lowest BCUT2D eigenvalue weighted by atomic mass is 10.1. The van der Waals surface area contributed by atoms with Gasteiger partial charge in [0.05, 0.1) is 6.42 Å². The fraction of sp³-hybridized carbons (Fsp3) is 0.444. The molecule has 1 heterocycles. The minimum atomic E-state index is -1.01. The molecule has 0 amide bonds. The highest BCUT2D eigenvalue weighted by molar-refractivity contribution is 7.71. The molecular formula is C9H10N2O3S. The molecule has 1 aromatic rings. The number of hydrogen-bond acceptors (Lipinski definition) is 3. The van der Waals surface area contributed by atoms with Crippen molar-refractivity contribution in [1.29, 1.82) is 0 Å². The van der Waals surface area contributed by atoms with Crippen LogP contribution in [0.2, 0.25) is 0 Å². The first-order chi connectivity index (χ1) is 7.08. The highest BCUT2D eigenvalue weighted by Crippen LogP contribution is 2.39. The number of aliphatic carboxylic acids is 1. The van der Waals surface area contributed by atoms with Crippen molar-refractivity contribution in [1.82, 2.24) is 9.97 Å². The minimum Gasteiger partial charge on any atom is -0.481 e. The predicted molar refractivity (Wildman–Crippen MR) is 55.6 cm³/mol. The fourth-order valence-corrected chi connectivity index (χ4v) is 1.78. The number of hydrogen-bond donors (Lipinski definition) is 3. The maximum atomic E-state index is 11.5. The molecule has 1 saturated carbocycles. The van der Waals surface area contributed by atoms with Crippen molar-refractivity contribution < 1.29 is 9.90 Å². The maximum Gasteiger partial charge on any atom is 0.308 e. The van der Waals surface area contributed by atoms with E-state index in [0.29, 0.717) is 11.3 Å². The Balaban J connectivity index is 2.53. The first-order valence-electron chi connectivity index (χ1n) is 4.65. The van der Waals surface area contributed by atoms with Crippen molar-refractivity contribution in [3.63, 3.8) is 0 Å². The summed E-state index contributed by atoms with van der Waals surface area (Å²) in [7, 11) is 0. The average molecular weight is 226 g/mol. The van der Waals surface area contributed by atoms with Crippen LogP contribution in [0.4, 0.5) is 0 Å². The Morgan fingerprint density at radius 1 is 1.47 bits per heavy atom. The molecule has 0 saturated heterocycles. The number of carbonyl (C=O) groups is 1. The summed E-state index contributed by atoms with van der Waals surface area (Å²) in [6.07, 6.45) is 1.72. The number of aromatic nitrogens is 2. The molecule has 5 nitrogen and oxygen atoms in total. The molecule has 0 spiro atoms. The Morgan fingerprint density at radius 2 is 2.13 bits per heavy atom. The highest BCUT2D eigenvalue weighted by atomic mass is 32.1. The van der Waals surface area contributed by atoms with Crippen LogP contribution in [0.25, 0.3) is 0 Å². The van der Waals surface area contributed by atoms with Gasteiger partial charge in [-0.1, -0.05) is 0 Å². The van der Waals surface area contributed by atoms with Gasteiger partial charge in [-0.05, 0) is 31.0 Å². The zero-order chi connectivity index (χ0) is 11.0. The summed E-state index contributed by atoms with van der Waals surface area (Å²) in [6.45, 7) is 0. The molecule has 2 rings (SSSR count). The van der Waals surface area contributed by atoms with E-state index in [9.17, 15) is 9.59 Å². The number of rotatable bonds is 3. The van der Waals surface area contributed by atoms with Crippen LogP contribution in [0, 0.1) is 4.77 Å². The summed E-state index contributed by atoms with van der Waals surface area (Å²) in [5, 5.41) is 8.69. The molecule has 0 aliphatic heterocycles. The van der Waals surface area contributed by atoms with Gasteiger partial charge in [-0.25, -0.2) is 0 Å². The van der Waals surface area contributed by atoms with Gasteiger partial charge in [0.25, 0.3) is 5.56 Å². The van der Waals surface area contributed by atoms with E-state index >= 15 is 0 Å². The molecule has 15 heavy (non-hydrogen) atoms. The molecule has 0 bridgehead atoms. The van der Waals surface area contributed by atoms with Crippen LogP contribution < -0.4 is 5.56 Å². The third kappa shape index (κ3) is 2.15. The van der Waals surface area contributed by atoms with Crippen LogP contribution in [0.15, 0.2) is 4.79 Å². The van der Waals surface area contributed by atoms with E-state index in [1.807, 2.05) is 0 Å². The predicted octanol–water partition coefficient (Wildman–Crippen LogP) is 0.937. The van der Waals surface area contributed by atoms with E-state index in [1.165, 1.54) is 0 Å². The second kappa shape index (κ2) is 3.62. The van der Waals surface area contributed by atoms with E-state index in [4.69, 9.17) is 17.3 Å². The lowest BCUT2D eigenvalue weighted by molar-refractivity contribution is -0.136. The van der Waals surface area contributed by atoms with Crippen molar-refractivity contribution >= 4 is 18.2 Å². The summed E-state index contributed by atoms with van der Waals surface area (Å²) >= 11 is 4.85. The van der Waals surface area contributed by atoms with Crippen LogP contribution in [0.3, 0.4) is 0 Å². The SMILES string of the molecule is O=C(O)Cc1c(C2CC2)[nH]c(=S)[nH]c1=O. The van der Waals surface area contributed by atoms with Gasteiger partial charge < -0.3 is 10.1 Å². The smallest absolute Gasteiger partial charge is 0.308 e. The average Bonchev–Trinajstić information content (AvgIpc) is 2.91. The lowest BCUT2D eigenvalue weighted by Crippen LogP contribution is -2.20. The van der Waals surface area contributed by atoms with Crippen LogP contribution in [0.5, 0.6) is 0 Å². The molecule has 0 unspecified atom stereocenters. The third-order valence-electron chi connectivity index (χ3n) is 2.39. The first-order valence-corrected chi connectivity index (χ1v) is 5.06. The third-order valence-corrected chi connectivity index (χ3v) is 2.59. The summed E-state index contributed by atoms with van der Waals surface area (Å²) in [6, 6.07) is 0. The van der Waals surface area contributed by atoms with Crippen molar-refractivity contribution in [2.24, 2.45) is 0 Å². The van der Waals surface area contributed by atoms with Crippen LogP contribution in [-0.2, 0) is 11.2 Å². The van der Waals surface area contributed by atoms with Gasteiger partial charge in [0.2, 0.25) is 0 Å². The molecule has 1 aromatic heterocycles. The zero-order valence-corrected chi connectivity index (χ0v) is 8.69. The molecule has 3 N–H and O–H groups in total. The summed E-state index contributed by atoms with van der Waals surface area (Å²) in [5.41, 5.74) is 0.618. The van der Waals surface area contributed by atoms with E-state index in [2.05, 4.69) is 9.97 Å². The Kier molecular flexibility index (Phi) is 2.44. The van der Waals surface area contributed by atoms with E-state index in [-0.39, 0.29) is 22.7 Å². The fourth-order valence-electron chi connectivity index (χ4n) is 1.58. The Morgan fingerprint density at radius 3 is 2.67 bits per heavy atom. The number of aromatic amines is 2. The van der Waals surface area contributed by atoms with E-state index in [1.54, 1.807) is 0 Å². The Labute approximate surface area is 90.2 Å². The van der Waals surface area contributed by atoms with Gasteiger partial charge in [-0.2, -0.15) is 0 Å². The summed E-state index contributed by atoms with van der Waals surface area (Å²) in [5.74, 6) is -0.726. The van der Waals surface area contributed by atoms with Gasteiger partial charge >= 0.3 is 5.97 Å². The van der Waals surface area contributed by atoms with Crippen molar-refractivity contribution in [3.8, 4) is 0 Å². The van der Waals surface area contributed by atoms with E-state index in [0.717, 1.165) is 12.8 Å². The molecule has 0 atom stereocenters. The lowest BCUT2D eigenvalue weighted by Gasteiger charge is -2.04. The Bertz CT molecular complexity index is 513. The molecular weight excluding hydrogens is 216 g/mol. The van der Waals surface area contributed by atoms with Gasteiger partial charge in [0.15, 0.2) is 4.77 Å². The van der Waals surface area contributed by atoms with Crippen molar-refractivity contribution in [3.05, 3.63) is 26.4 Å². The highest BCUT2D eigenvalue weighted by Gasteiger charge is 2.28. The van der Waals surface area contributed by atoms with Crippen LogP contribution in [-0.4, -0.2) is 21.0 Å². The standard InChI is InChI=1S/C9H10N2O3S/c12-6(13)3-5-7(4-1-2-4)10-9(15)11-8(5)14/h4H,1-3H2,(H,12,13)(H2,10,11,14,15). The van der Waals surface area contributed by atoms with Gasteiger partial charge in [0, 0.05) is 11.3 Å². The topological polar surface area (TPSA) is 85.9 Å². The normalized spacial score (nSPS) is 15.2. The molecule has 80 valence electrons. The van der Waals surface area contributed by atoms with Crippen LogP contribution >= 0.6 is 12.2 Å². The Hall–Kier alpha value is -1.43. The van der Waals surface area contributed by atoms with Gasteiger partial charge in [0.1, 0.15) is 0 Å². The zero-order valence-electron chi connectivity index (χ0n) is 7.87.